The number of benzene rings is 1. The van der Waals surface area contributed by atoms with Crippen molar-refractivity contribution in [2.75, 3.05) is 19.6 Å². The molecule has 1 aliphatic heterocycles. The molecule has 0 spiro atoms. The van der Waals surface area contributed by atoms with Gasteiger partial charge in [0, 0.05) is 44.1 Å². The fourth-order valence-electron chi connectivity index (χ4n) is 3.34. The second-order valence-corrected chi connectivity index (χ2v) is 7.80. The summed E-state index contributed by atoms with van der Waals surface area (Å²) in [6, 6.07) is 6.22. The maximum atomic E-state index is 13.0. The Morgan fingerprint density at radius 1 is 1.28 bits per heavy atom. The molecule has 1 aliphatic rings. The van der Waals surface area contributed by atoms with Gasteiger partial charge in [0.15, 0.2) is 0 Å². The minimum atomic E-state index is -0.304. The molecule has 0 saturated carbocycles. The number of nitrogens with one attached hydrogen (secondary N) is 1. The molecule has 1 amide bonds. The molecule has 0 atom stereocenters. The number of halogens is 1. The molecule has 1 saturated heterocycles. The van der Waals surface area contributed by atoms with Crippen molar-refractivity contribution in [3.05, 3.63) is 47.6 Å². The minimum Gasteiger partial charge on any atom is -0.353 e. The van der Waals surface area contributed by atoms with Gasteiger partial charge in [-0.25, -0.2) is 4.39 Å². The Labute approximate surface area is 171 Å². The SMILES string of the molecule is CC(C)=CCN1CCC(NC(=O)CCCc2nc(-c3ccc(F)cc3)no2)CC1. The van der Waals surface area contributed by atoms with Gasteiger partial charge in [-0.3, -0.25) is 9.69 Å². The number of amides is 1. The van der Waals surface area contributed by atoms with Crippen molar-refractivity contribution in [2.24, 2.45) is 0 Å². The van der Waals surface area contributed by atoms with Crippen LogP contribution in [-0.4, -0.2) is 46.6 Å². The zero-order valence-corrected chi connectivity index (χ0v) is 17.2. The van der Waals surface area contributed by atoms with E-state index in [0.29, 0.717) is 36.5 Å². The molecule has 7 heteroatoms. The number of nitrogens with zero attached hydrogens (tertiary/aromatic N) is 3. The molecule has 1 aromatic carbocycles. The van der Waals surface area contributed by atoms with Crippen LogP contribution in [-0.2, 0) is 11.2 Å². The van der Waals surface area contributed by atoms with Gasteiger partial charge in [0.25, 0.3) is 0 Å². The molecule has 6 nitrogen and oxygen atoms in total. The Morgan fingerprint density at radius 2 is 2.00 bits per heavy atom. The predicted molar refractivity (Wildman–Crippen MR) is 110 cm³/mol. The quantitative estimate of drug-likeness (QED) is 0.684. The van der Waals surface area contributed by atoms with Gasteiger partial charge >= 0.3 is 0 Å². The third-order valence-corrected chi connectivity index (χ3v) is 5.08. The van der Waals surface area contributed by atoms with Crippen molar-refractivity contribution in [1.29, 1.82) is 0 Å². The Balaban J connectivity index is 1.35. The number of hydrogen-bond donors (Lipinski definition) is 1. The van der Waals surface area contributed by atoms with Crippen LogP contribution in [0.3, 0.4) is 0 Å². The Bertz CT molecular complexity index is 820. The highest BCUT2D eigenvalue weighted by Gasteiger charge is 2.20. The molecule has 0 radical (unpaired) electrons. The molecule has 156 valence electrons. The maximum Gasteiger partial charge on any atom is 0.226 e. The summed E-state index contributed by atoms with van der Waals surface area (Å²) in [5.41, 5.74) is 2.04. The van der Waals surface area contributed by atoms with Crippen LogP contribution in [0, 0.1) is 5.82 Å². The smallest absolute Gasteiger partial charge is 0.226 e. The van der Waals surface area contributed by atoms with E-state index in [9.17, 15) is 9.18 Å². The molecule has 0 bridgehead atoms. The number of carbonyl (C=O) groups excluding carboxylic acids is 1. The van der Waals surface area contributed by atoms with Crippen molar-refractivity contribution in [3.8, 4) is 11.4 Å². The first-order valence-electron chi connectivity index (χ1n) is 10.2. The predicted octanol–water partition coefficient (Wildman–Crippen LogP) is 3.75. The summed E-state index contributed by atoms with van der Waals surface area (Å²) in [5, 5.41) is 7.07. The maximum absolute atomic E-state index is 13.0. The number of allylic oxidation sites excluding steroid dienone is 1. The number of aromatic nitrogens is 2. The lowest BCUT2D eigenvalue weighted by molar-refractivity contribution is -0.122. The molecule has 1 N–H and O–H groups in total. The number of likely N-dealkylation sites (tertiary alicyclic amines) is 1. The highest BCUT2D eigenvalue weighted by atomic mass is 19.1. The van der Waals surface area contributed by atoms with E-state index in [1.54, 1.807) is 12.1 Å². The van der Waals surface area contributed by atoms with Crippen molar-refractivity contribution in [1.82, 2.24) is 20.4 Å². The van der Waals surface area contributed by atoms with Gasteiger partial charge in [0.05, 0.1) is 0 Å². The van der Waals surface area contributed by atoms with Gasteiger partial charge in [0.2, 0.25) is 17.6 Å². The van der Waals surface area contributed by atoms with Crippen LogP contribution in [0.1, 0.15) is 45.4 Å². The molecule has 2 aromatic rings. The van der Waals surface area contributed by atoms with Crippen molar-refractivity contribution < 1.29 is 13.7 Å². The summed E-state index contributed by atoms with van der Waals surface area (Å²) in [5.74, 6) is 0.696. The fourth-order valence-corrected chi connectivity index (χ4v) is 3.34. The first-order valence-corrected chi connectivity index (χ1v) is 10.2. The Hall–Kier alpha value is -2.54. The highest BCUT2D eigenvalue weighted by molar-refractivity contribution is 5.76. The van der Waals surface area contributed by atoms with Crippen LogP contribution in [0.25, 0.3) is 11.4 Å². The van der Waals surface area contributed by atoms with E-state index < -0.39 is 0 Å². The molecular weight excluding hydrogens is 371 g/mol. The average molecular weight is 400 g/mol. The molecule has 1 aromatic heterocycles. The monoisotopic (exact) mass is 400 g/mol. The number of aryl methyl sites for hydroxylation is 1. The topological polar surface area (TPSA) is 71.3 Å². The van der Waals surface area contributed by atoms with Crippen LogP contribution in [0.2, 0.25) is 0 Å². The number of hydrogen-bond acceptors (Lipinski definition) is 5. The van der Waals surface area contributed by atoms with Gasteiger partial charge in [0.1, 0.15) is 5.82 Å². The van der Waals surface area contributed by atoms with Crippen LogP contribution in [0.15, 0.2) is 40.4 Å². The van der Waals surface area contributed by atoms with E-state index in [1.165, 1.54) is 17.7 Å². The number of piperidine rings is 1. The average Bonchev–Trinajstić information content (AvgIpc) is 3.17. The Morgan fingerprint density at radius 3 is 2.69 bits per heavy atom. The standard InChI is InChI=1S/C22H29FN4O2/c1-16(2)10-13-27-14-11-19(12-15-27)24-20(28)4-3-5-21-25-22(26-29-21)17-6-8-18(23)9-7-17/h6-10,19H,3-5,11-15H2,1-2H3,(H,24,28). The lowest BCUT2D eigenvalue weighted by atomic mass is 10.0. The van der Waals surface area contributed by atoms with E-state index in [1.807, 2.05) is 0 Å². The first-order chi connectivity index (χ1) is 14.0. The molecule has 0 aliphatic carbocycles. The highest BCUT2D eigenvalue weighted by Crippen LogP contribution is 2.17. The summed E-state index contributed by atoms with van der Waals surface area (Å²) in [6.45, 7) is 7.26. The summed E-state index contributed by atoms with van der Waals surface area (Å²) in [6.07, 6.45) is 5.86. The van der Waals surface area contributed by atoms with Crippen molar-refractivity contribution >= 4 is 5.91 Å². The summed E-state index contributed by atoms with van der Waals surface area (Å²) >= 11 is 0. The van der Waals surface area contributed by atoms with E-state index in [4.69, 9.17) is 4.52 Å². The summed E-state index contributed by atoms with van der Waals surface area (Å²) < 4.78 is 18.2. The second-order valence-electron chi connectivity index (χ2n) is 7.80. The van der Waals surface area contributed by atoms with Gasteiger partial charge in [-0.2, -0.15) is 4.98 Å². The number of rotatable bonds is 8. The number of carbonyl (C=O) groups is 1. The normalized spacial score (nSPS) is 15.3. The van der Waals surface area contributed by atoms with Crippen LogP contribution >= 0.6 is 0 Å². The molecule has 2 heterocycles. The fraction of sp³-hybridized carbons (Fsp3) is 0.500. The van der Waals surface area contributed by atoms with Gasteiger partial charge in [-0.1, -0.05) is 16.8 Å². The lowest BCUT2D eigenvalue weighted by Crippen LogP contribution is -2.44. The zero-order chi connectivity index (χ0) is 20.6. The van der Waals surface area contributed by atoms with Crippen LogP contribution < -0.4 is 5.32 Å². The lowest BCUT2D eigenvalue weighted by Gasteiger charge is -2.31. The van der Waals surface area contributed by atoms with E-state index in [2.05, 4.69) is 40.3 Å². The van der Waals surface area contributed by atoms with Gasteiger partial charge in [-0.15, -0.1) is 0 Å². The van der Waals surface area contributed by atoms with E-state index in [-0.39, 0.29) is 17.8 Å². The van der Waals surface area contributed by atoms with Crippen LogP contribution in [0.5, 0.6) is 0 Å². The third-order valence-electron chi connectivity index (χ3n) is 5.08. The molecule has 0 unspecified atom stereocenters. The molecular formula is C22H29FN4O2. The molecule has 1 fully saturated rings. The van der Waals surface area contributed by atoms with E-state index >= 15 is 0 Å². The molecule has 29 heavy (non-hydrogen) atoms. The van der Waals surface area contributed by atoms with Gasteiger partial charge < -0.3 is 9.84 Å². The zero-order valence-electron chi connectivity index (χ0n) is 17.2. The van der Waals surface area contributed by atoms with Crippen molar-refractivity contribution in [3.63, 3.8) is 0 Å². The summed E-state index contributed by atoms with van der Waals surface area (Å²) in [7, 11) is 0. The first kappa shape index (κ1) is 21.2. The second kappa shape index (κ2) is 10.3. The minimum absolute atomic E-state index is 0.0750. The van der Waals surface area contributed by atoms with E-state index in [0.717, 1.165) is 32.5 Å². The summed E-state index contributed by atoms with van der Waals surface area (Å²) in [4.78, 5) is 19.0. The van der Waals surface area contributed by atoms with Crippen molar-refractivity contribution in [2.45, 2.75) is 52.0 Å². The van der Waals surface area contributed by atoms with Gasteiger partial charge in [-0.05, 0) is 57.4 Å². The molecule has 3 rings (SSSR count). The van der Waals surface area contributed by atoms with Crippen LogP contribution in [0.4, 0.5) is 4.39 Å². The largest absolute Gasteiger partial charge is 0.353 e. The Kier molecular flexibility index (Phi) is 7.52. The third kappa shape index (κ3) is 6.78.